The molecule has 28 heavy (non-hydrogen) atoms. The Morgan fingerprint density at radius 1 is 0.786 bits per heavy atom. The zero-order chi connectivity index (χ0) is 19.2. The number of rotatable bonds is 5. The number of nitrogens with zero attached hydrogens (tertiary/aromatic N) is 5. The van der Waals surface area contributed by atoms with Gasteiger partial charge in [0.05, 0.1) is 24.5 Å². The zero-order valence-corrected chi connectivity index (χ0v) is 14.9. The van der Waals surface area contributed by atoms with Gasteiger partial charge in [-0.3, -0.25) is 4.79 Å². The molecule has 0 spiro atoms. The molecule has 0 saturated heterocycles. The topological polar surface area (TPSA) is 93.6 Å². The first-order valence-electron chi connectivity index (χ1n) is 8.68. The molecule has 0 unspecified atom stereocenters. The van der Waals surface area contributed by atoms with E-state index in [0.717, 1.165) is 27.9 Å². The van der Waals surface area contributed by atoms with Crippen molar-refractivity contribution in [2.75, 3.05) is 5.32 Å². The predicted molar refractivity (Wildman–Crippen MR) is 105 cm³/mol. The molecule has 4 rings (SSSR count). The molecular formula is C21H16N6O. The lowest BCUT2D eigenvalue weighted by Gasteiger charge is -2.07. The molecule has 0 aliphatic carbocycles. The quantitative estimate of drug-likeness (QED) is 0.581. The molecular weight excluding hydrogens is 352 g/mol. The standard InChI is InChI=1S/C21H16N6O/c28-21(12-15-3-5-16(6-4-15)17-9-11-23-25-14-17)26-20-8-7-18(13-22-20)19-2-1-10-24-27-19/h1-11,13-14H,12H2,(H,22,26,28). The highest BCUT2D eigenvalue weighted by atomic mass is 16.1. The zero-order valence-electron chi connectivity index (χ0n) is 14.9. The van der Waals surface area contributed by atoms with Crippen molar-refractivity contribution in [1.29, 1.82) is 0 Å². The summed E-state index contributed by atoms with van der Waals surface area (Å²) in [5, 5.41) is 18.4. The van der Waals surface area contributed by atoms with Gasteiger partial charge in [0.2, 0.25) is 5.91 Å². The molecule has 0 fully saturated rings. The summed E-state index contributed by atoms with van der Waals surface area (Å²) in [7, 11) is 0. The summed E-state index contributed by atoms with van der Waals surface area (Å²) in [5.41, 5.74) is 4.50. The Bertz CT molecular complexity index is 965. The fourth-order valence-corrected chi connectivity index (χ4v) is 2.72. The highest BCUT2D eigenvalue weighted by Gasteiger charge is 2.07. The lowest BCUT2D eigenvalue weighted by Crippen LogP contribution is -2.15. The van der Waals surface area contributed by atoms with Gasteiger partial charge in [0.1, 0.15) is 5.82 Å². The number of anilines is 1. The molecule has 3 aromatic heterocycles. The summed E-state index contributed by atoms with van der Waals surface area (Å²) in [4.78, 5) is 16.6. The van der Waals surface area contributed by atoms with Crippen molar-refractivity contribution in [3.63, 3.8) is 0 Å². The van der Waals surface area contributed by atoms with Gasteiger partial charge >= 0.3 is 0 Å². The highest BCUT2D eigenvalue weighted by Crippen LogP contribution is 2.19. The van der Waals surface area contributed by atoms with E-state index in [-0.39, 0.29) is 12.3 Å². The van der Waals surface area contributed by atoms with Crippen LogP contribution in [0.4, 0.5) is 5.82 Å². The van der Waals surface area contributed by atoms with Crippen LogP contribution in [0.15, 0.2) is 79.4 Å². The maximum absolute atomic E-state index is 12.3. The Morgan fingerprint density at radius 2 is 1.64 bits per heavy atom. The minimum absolute atomic E-state index is 0.127. The summed E-state index contributed by atoms with van der Waals surface area (Å²) < 4.78 is 0. The number of amides is 1. The van der Waals surface area contributed by atoms with Gasteiger partial charge in [0, 0.05) is 23.5 Å². The number of nitrogens with one attached hydrogen (secondary N) is 1. The molecule has 3 heterocycles. The minimum atomic E-state index is -0.127. The lowest BCUT2D eigenvalue weighted by atomic mass is 10.0. The molecule has 0 aliphatic heterocycles. The third-order valence-corrected chi connectivity index (χ3v) is 4.14. The van der Waals surface area contributed by atoms with Crippen LogP contribution in [0.5, 0.6) is 0 Å². The van der Waals surface area contributed by atoms with Crippen LogP contribution >= 0.6 is 0 Å². The molecule has 7 heteroatoms. The van der Waals surface area contributed by atoms with Gasteiger partial charge < -0.3 is 5.32 Å². The van der Waals surface area contributed by atoms with Gasteiger partial charge in [0.15, 0.2) is 0 Å². The van der Waals surface area contributed by atoms with Crippen LogP contribution in [0.25, 0.3) is 22.4 Å². The molecule has 136 valence electrons. The van der Waals surface area contributed by atoms with Gasteiger partial charge in [0.25, 0.3) is 0 Å². The first kappa shape index (κ1) is 17.4. The van der Waals surface area contributed by atoms with Crippen LogP contribution in [0.2, 0.25) is 0 Å². The van der Waals surface area contributed by atoms with Gasteiger partial charge in [-0.05, 0) is 41.5 Å². The van der Waals surface area contributed by atoms with Crippen LogP contribution in [-0.4, -0.2) is 31.3 Å². The third-order valence-electron chi connectivity index (χ3n) is 4.14. The molecule has 7 nitrogen and oxygen atoms in total. The van der Waals surface area contributed by atoms with Crippen LogP contribution in [-0.2, 0) is 11.2 Å². The van der Waals surface area contributed by atoms with Gasteiger partial charge in [-0.25, -0.2) is 4.98 Å². The Hall–Kier alpha value is -4.00. The fraction of sp³-hybridized carbons (Fsp3) is 0.0476. The number of benzene rings is 1. The smallest absolute Gasteiger partial charge is 0.229 e. The molecule has 1 aromatic carbocycles. The second kappa shape index (κ2) is 8.13. The molecule has 1 amide bonds. The number of carbonyl (C=O) groups excluding carboxylic acids is 1. The van der Waals surface area contributed by atoms with E-state index >= 15 is 0 Å². The largest absolute Gasteiger partial charge is 0.310 e. The van der Waals surface area contributed by atoms with Crippen molar-refractivity contribution >= 4 is 11.7 Å². The summed E-state index contributed by atoms with van der Waals surface area (Å²) in [6.45, 7) is 0. The van der Waals surface area contributed by atoms with Crippen LogP contribution in [0.1, 0.15) is 5.56 Å². The van der Waals surface area contributed by atoms with Crippen LogP contribution in [0, 0.1) is 0 Å². The maximum Gasteiger partial charge on any atom is 0.229 e. The van der Waals surface area contributed by atoms with E-state index in [1.54, 1.807) is 30.9 Å². The normalized spacial score (nSPS) is 10.4. The van der Waals surface area contributed by atoms with E-state index in [0.29, 0.717) is 5.82 Å². The SMILES string of the molecule is O=C(Cc1ccc(-c2ccnnc2)cc1)Nc1ccc(-c2cccnn2)cn1. The predicted octanol–water partition coefficient (Wildman–Crippen LogP) is 3.18. The van der Waals surface area contributed by atoms with Crippen molar-refractivity contribution in [2.45, 2.75) is 6.42 Å². The fourth-order valence-electron chi connectivity index (χ4n) is 2.72. The molecule has 0 atom stereocenters. The second-order valence-corrected chi connectivity index (χ2v) is 6.09. The molecule has 0 radical (unpaired) electrons. The molecule has 0 bridgehead atoms. The minimum Gasteiger partial charge on any atom is -0.310 e. The van der Waals surface area contributed by atoms with Crippen LogP contribution in [0.3, 0.4) is 0 Å². The average molecular weight is 368 g/mol. The van der Waals surface area contributed by atoms with E-state index in [4.69, 9.17) is 0 Å². The van der Waals surface area contributed by atoms with Gasteiger partial charge in [-0.2, -0.15) is 20.4 Å². The molecule has 1 N–H and O–H groups in total. The summed E-state index contributed by atoms with van der Waals surface area (Å²) >= 11 is 0. The first-order chi connectivity index (χ1) is 13.8. The van der Waals surface area contributed by atoms with Crippen molar-refractivity contribution in [3.8, 4) is 22.4 Å². The van der Waals surface area contributed by atoms with Crippen molar-refractivity contribution < 1.29 is 4.79 Å². The van der Waals surface area contributed by atoms with Crippen molar-refractivity contribution in [3.05, 3.63) is 84.9 Å². The Balaban J connectivity index is 1.38. The Labute approximate surface area is 161 Å². The average Bonchev–Trinajstić information content (AvgIpc) is 2.76. The van der Waals surface area contributed by atoms with E-state index in [1.165, 1.54) is 0 Å². The van der Waals surface area contributed by atoms with Crippen LogP contribution < -0.4 is 5.32 Å². The van der Waals surface area contributed by atoms with E-state index in [1.807, 2.05) is 48.5 Å². The molecule has 0 aliphatic rings. The van der Waals surface area contributed by atoms with Crippen molar-refractivity contribution in [1.82, 2.24) is 25.4 Å². The number of aromatic nitrogens is 5. The summed E-state index contributed by atoms with van der Waals surface area (Å²) in [5.74, 6) is 0.371. The first-order valence-corrected chi connectivity index (χ1v) is 8.68. The molecule has 4 aromatic rings. The van der Waals surface area contributed by atoms with Crippen molar-refractivity contribution in [2.24, 2.45) is 0 Å². The van der Waals surface area contributed by atoms with E-state index < -0.39 is 0 Å². The van der Waals surface area contributed by atoms with E-state index in [9.17, 15) is 4.79 Å². The van der Waals surface area contributed by atoms with Gasteiger partial charge in [-0.15, -0.1) is 0 Å². The lowest BCUT2D eigenvalue weighted by molar-refractivity contribution is -0.115. The number of pyridine rings is 1. The number of carbonyl (C=O) groups is 1. The monoisotopic (exact) mass is 368 g/mol. The molecule has 0 saturated carbocycles. The maximum atomic E-state index is 12.3. The number of hydrogen-bond donors (Lipinski definition) is 1. The Kier molecular flexibility index (Phi) is 5.06. The summed E-state index contributed by atoms with van der Waals surface area (Å²) in [6, 6.07) is 17.0. The summed E-state index contributed by atoms with van der Waals surface area (Å²) in [6.07, 6.45) is 6.91. The highest BCUT2D eigenvalue weighted by molar-refractivity contribution is 5.91. The number of hydrogen-bond acceptors (Lipinski definition) is 6. The third kappa shape index (κ3) is 4.21. The van der Waals surface area contributed by atoms with Gasteiger partial charge in [-0.1, -0.05) is 24.3 Å². The van der Waals surface area contributed by atoms with E-state index in [2.05, 4.69) is 30.7 Å². The second-order valence-electron chi connectivity index (χ2n) is 6.09. The Morgan fingerprint density at radius 3 is 2.32 bits per heavy atom.